The first-order valence-corrected chi connectivity index (χ1v) is 8.09. The summed E-state index contributed by atoms with van der Waals surface area (Å²) in [5, 5.41) is 10.0. The largest absolute Gasteiger partial charge is 0.485 e. The van der Waals surface area contributed by atoms with E-state index in [-0.39, 0.29) is 18.8 Å². The van der Waals surface area contributed by atoms with Gasteiger partial charge in [-0.15, -0.1) is 0 Å². The van der Waals surface area contributed by atoms with Gasteiger partial charge in [0.1, 0.15) is 44.6 Å². The molecule has 124 valence electrons. The third-order valence-electron chi connectivity index (χ3n) is 3.52. The molecular formula is C15H21BrF2NO3+. The van der Waals surface area contributed by atoms with Gasteiger partial charge < -0.3 is 19.5 Å². The van der Waals surface area contributed by atoms with E-state index in [0.717, 1.165) is 25.2 Å². The molecule has 7 heteroatoms. The second kappa shape index (κ2) is 7.68. The van der Waals surface area contributed by atoms with Crippen molar-refractivity contribution in [3.63, 3.8) is 0 Å². The number of morpholine rings is 1. The lowest BCUT2D eigenvalue weighted by Crippen LogP contribution is -3.16. The molecule has 1 fully saturated rings. The molecule has 2 rings (SSSR count). The summed E-state index contributed by atoms with van der Waals surface area (Å²) in [5.74, 6) is -2.04. The van der Waals surface area contributed by atoms with Crippen LogP contribution in [-0.4, -0.2) is 49.7 Å². The molecule has 0 aliphatic carbocycles. The number of hydrogen-bond donors (Lipinski definition) is 2. The molecule has 1 heterocycles. The Bertz CT molecular complexity index is 485. The highest BCUT2D eigenvalue weighted by molar-refractivity contribution is 9.10. The lowest BCUT2D eigenvalue weighted by molar-refractivity contribution is -0.918. The van der Waals surface area contributed by atoms with Crippen molar-refractivity contribution >= 4 is 15.9 Å². The van der Waals surface area contributed by atoms with Gasteiger partial charge in [0.25, 0.3) is 0 Å². The fourth-order valence-corrected chi connectivity index (χ4v) is 3.20. The number of ether oxygens (including phenoxy) is 2. The van der Waals surface area contributed by atoms with Crippen LogP contribution in [0.2, 0.25) is 0 Å². The predicted octanol–water partition coefficient (Wildman–Crippen LogP) is 1.16. The van der Waals surface area contributed by atoms with E-state index < -0.39 is 23.5 Å². The van der Waals surface area contributed by atoms with Crippen molar-refractivity contribution < 1.29 is 28.3 Å². The second-order valence-electron chi connectivity index (χ2n) is 5.78. The van der Waals surface area contributed by atoms with Gasteiger partial charge in [0.05, 0.1) is 0 Å². The number of rotatable bonds is 5. The zero-order valence-electron chi connectivity index (χ0n) is 12.6. The van der Waals surface area contributed by atoms with Crippen LogP contribution in [0.5, 0.6) is 5.75 Å². The fourth-order valence-electron chi connectivity index (χ4n) is 2.79. The molecule has 2 N–H and O–H groups in total. The molecule has 0 amide bonds. The summed E-state index contributed by atoms with van der Waals surface area (Å²) in [6.07, 6.45) is -0.531. The van der Waals surface area contributed by atoms with Crippen LogP contribution < -0.4 is 9.64 Å². The summed E-state index contributed by atoms with van der Waals surface area (Å²) in [4.78, 5) is 1.19. The Morgan fingerprint density at radius 2 is 1.86 bits per heavy atom. The minimum atomic E-state index is -0.796. The zero-order chi connectivity index (χ0) is 16.3. The molecule has 1 aliphatic rings. The summed E-state index contributed by atoms with van der Waals surface area (Å²) in [5.41, 5.74) is 0. The van der Waals surface area contributed by atoms with Gasteiger partial charge in [-0.3, -0.25) is 0 Å². The van der Waals surface area contributed by atoms with Gasteiger partial charge in [-0.05, 0) is 26.0 Å². The summed E-state index contributed by atoms with van der Waals surface area (Å²) < 4.78 is 38.3. The Kier molecular flexibility index (Phi) is 6.14. The van der Waals surface area contributed by atoms with E-state index in [2.05, 4.69) is 15.9 Å². The van der Waals surface area contributed by atoms with Crippen LogP contribution in [-0.2, 0) is 4.74 Å². The van der Waals surface area contributed by atoms with Crippen molar-refractivity contribution in [3.8, 4) is 5.75 Å². The quantitative estimate of drug-likeness (QED) is 0.805. The van der Waals surface area contributed by atoms with E-state index in [0.29, 0.717) is 11.0 Å². The maximum atomic E-state index is 13.6. The summed E-state index contributed by atoms with van der Waals surface area (Å²) in [7, 11) is 0. The van der Waals surface area contributed by atoms with Crippen LogP contribution in [0, 0.1) is 11.6 Å². The highest BCUT2D eigenvalue weighted by atomic mass is 79.9. The van der Waals surface area contributed by atoms with Gasteiger partial charge in [0, 0.05) is 4.47 Å². The zero-order valence-corrected chi connectivity index (χ0v) is 14.2. The number of quaternary nitrogens is 1. The molecule has 0 radical (unpaired) electrons. The fraction of sp³-hybridized carbons (Fsp3) is 0.600. The monoisotopic (exact) mass is 380 g/mol. The molecule has 0 spiro atoms. The van der Waals surface area contributed by atoms with Crippen molar-refractivity contribution in [1.82, 2.24) is 0 Å². The minimum Gasteiger partial charge on any atom is -0.485 e. The average Bonchev–Trinajstić information content (AvgIpc) is 2.35. The van der Waals surface area contributed by atoms with Crippen molar-refractivity contribution in [2.45, 2.75) is 32.2 Å². The van der Waals surface area contributed by atoms with E-state index in [4.69, 9.17) is 9.47 Å². The molecule has 1 saturated heterocycles. The lowest BCUT2D eigenvalue weighted by Gasteiger charge is -2.33. The Morgan fingerprint density at radius 1 is 1.32 bits per heavy atom. The summed E-state index contributed by atoms with van der Waals surface area (Å²) in [6, 6.07) is 2.25. The lowest BCUT2D eigenvalue weighted by atomic mass is 10.2. The molecule has 0 unspecified atom stereocenters. The number of aliphatic hydroxyl groups is 1. The molecule has 0 aromatic heterocycles. The van der Waals surface area contributed by atoms with Crippen molar-refractivity contribution in [2.75, 3.05) is 26.2 Å². The van der Waals surface area contributed by atoms with Crippen LogP contribution in [0.15, 0.2) is 16.6 Å². The van der Waals surface area contributed by atoms with Gasteiger partial charge >= 0.3 is 0 Å². The summed E-state index contributed by atoms with van der Waals surface area (Å²) in [6.45, 7) is 5.88. The van der Waals surface area contributed by atoms with E-state index in [9.17, 15) is 13.9 Å². The van der Waals surface area contributed by atoms with Crippen molar-refractivity contribution in [1.29, 1.82) is 0 Å². The Labute approximate surface area is 137 Å². The highest BCUT2D eigenvalue weighted by Crippen LogP contribution is 2.25. The van der Waals surface area contributed by atoms with Gasteiger partial charge in [0.2, 0.25) is 0 Å². The van der Waals surface area contributed by atoms with Crippen LogP contribution >= 0.6 is 15.9 Å². The first-order valence-electron chi connectivity index (χ1n) is 7.29. The maximum absolute atomic E-state index is 13.6. The minimum absolute atomic E-state index is 0.133. The molecule has 22 heavy (non-hydrogen) atoms. The van der Waals surface area contributed by atoms with Gasteiger partial charge in [-0.25, -0.2) is 8.78 Å². The predicted molar refractivity (Wildman–Crippen MR) is 81.1 cm³/mol. The van der Waals surface area contributed by atoms with Crippen LogP contribution in [0.1, 0.15) is 13.8 Å². The third kappa shape index (κ3) is 4.87. The summed E-state index contributed by atoms with van der Waals surface area (Å²) >= 11 is 3.00. The number of hydrogen-bond acceptors (Lipinski definition) is 3. The Balaban J connectivity index is 1.86. The molecule has 1 aliphatic heterocycles. The van der Waals surface area contributed by atoms with Gasteiger partial charge in [-0.2, -0.15) is 0 Å². The number of nitrogens with one attached hydrogen (secondary N) is 1. The van der Waals surface area contributed by atoms with Gasteiger partial charge in [0.15, 0.2) is 17.4 Å². The molecule has 3 atom stereocenters. The van der Waals surface area contributed by atoms with Crippen molar-refractivity contribution in [3.05, 3.63) is 28.2 Å². The van der Waals surface area contributed by atoms with E-state index >= 15 is 0 Å². The first kappa shape index (κ1) is 17.6. The van der Waals surface area contributed by atoms with Gasteiger partial charge in [-0.1, -0.05) is 15.9 Å². The molecule has 1 aromatic rings. The van der Waals surface area contributed by atoms with Crippen LogP contribution in [0.4, 0.5) is 8.78 Å². The van der Waals surface area contributed by atoms with E-state index in [1.54, 1.807) is 0 Å². The molecule has 1 aromatic carbocycles. The Morgan fingerprint density at radius 3 is 2.41 bits per heavy atom. The smallest absolute Gasteiger partial charge is 0.190 e. The molecule has 0 bridgehead atoms. The second-order valence-corrected chi connectivity index (χ2v) is 6.70. The SMILES string of the molecule is C[C@@H]1C[NH+](C[C@H](O)COc2c(F)cc(Br)cc2F)C[C@@H](C)O1. The molecule has 4 nitrogen and oxygen atoms in total. The number of halogens is 3. The van der Waals surface area contributed by atoms with E-state index in [1.807, 2.05) is 13.8 Å². The average molecular weight is 381 g/mol. The maximum Gasteiger partial charge on any atom is 0.190 e. The molecule has 0 saturated carbocycles. The normalized spacial score (nSPS) is 26.7. The van der Waals surface area contributed by atoms with Crippen LogP contribution in [0.25, 0.3) is 0 Å². The van der Waals surface area contributed by atoms with Crippen molar-refractivity contribution in [2.24, 2.45) is 0 Å². The Hall–Kier alpha value is -0.760. The standard InChI is InChI=1S/C15H20BrF2NO3/c1-9-5-19(6-10(2)22-9)7-12(20)8-21-15-13(17)3-11(16)4-14(15)18/h3-4,9-10,12,20H,5-8H2,1-2H3/p+1/t9-,10-,12+/m1/s1. The first-order chi connectivity index (χ1) is 10.3. The number of aliphatic hydroxyl groups excluding tert-OH is 1. The van der Waals surface area contributed by atoms with E-state index in [1.165, 1.54) is 4.90 Å². The third-order valence-corrected chi connectivity index (χ3v) is 3.98. The topological polar surface area (TPSA) is 43.1 Å². The molecular weight excluding hydrogens is 360 g/mol. The highest BCUT2D eigenvalue weighted by Gasteiger charge is 2.27. The number of benzene rings is 1. The van der Waals surface area contributed by atoms with Crippen LogP contribution in [0.3, 0.4) is 0 Å².